The number of piperazine rings is 1. The molecule has 3 aliphatic rings. The van der Waals surface area contributed by atoms with Gasteiger partial charge in [0.15, 0.2) is 0 Å². The Bertz CT molecular complexity index is 1490. The van der Waals surface area contributed by atoms with Gasteiger partial charge in [-0.3, -0.25) is 14.6 Å². The summed E-state index contributed by atoms with van der Waals surface area (Å²) in [7, 11) is 0. The SMILES string of the molecule is C[C@@H]1CN(Cc2ccc(-c3cccc(Oc4ncc(F)cc4C(=O)NC4CCC(N)CC4)c3)c(CN3CCSCC3)c2)C[C@H](C)N1.Cl. The maximum absolute atomic E-state index is 14.3. The molecular weight excluding hydrogens is 635 g/mol. The van der Waals surface area contributed by atoms with Crippen molar-refractivity contribution in [3.63, 3.8) is 0 Å². The van der Waals surface area contributed by atoms with Gasteiger partial charge in [0.1, 0.15) is 17.1 Å². The maximum Gasteiger partial charge on any atom is 0.257 e. The van der Waals surface area contributed by atoms with E-state index in [0.717, 1.165) is 93.8 Å². The highest BCUT2D eigenvalue weighted by Gasteiger charge is 2.24. The molecule has 0 spiro atoms. The quantitative estimate of drug-likeness (QED) is 0.260. The van der Waals surface area contributed by atoms with Crippen molar-refractivity contribution < 1.29 is 13.9 Å². The molecule has 2 aliphatic heterocycles. The third-order valence-corrected chi connectivity index (χ3v) is 10.2. The highest BCUT2D eigenvalue weighted by molar-refractivity contribution is 7.99. The zero-order chi connectivity index (χ0) is 32.0. The smallest absolute Gasteiger partial charge is 0.257 e. The molecule has 2 aromatic carbocycles. The Kier molecular flexibility index (Phi) is 12.6. The molecule has 1 saturated carbocycles. The van der Waals surface area contributed by atoms with Crippen LogP contribution >= 0.6 is 24.2 Å². The van der Waals surface area contributed by atoms with E-state index in [2.05, 4.69) is 63.5 Å². The average molecular weight is 683 g/mol. The number of rotatable bonds is 9. The predicted octanol–water partition coefficient (Wildman–Crippen LogP) is 5.83. The van der Waals surface area contributed by atoms with Crippen LogP contribution in [-0.4, -0.2) is 82.5 Å². The highest BCUT2D eigenvalue weighted by atomic mass is 35.5. The number of thioether (sulfide) groups is 1. The van der Waals surface area contributed by atoms with Gasteiger partial charge in [-0.15, -0.1) is 12.4 Å². The van der Waals surface area contributed by atoms with E-state index < -0.39 is 5.82 Å². The Morgan fingerprint density at radius 1 is 1.02 bits per heavy atom. The second-order valence-electron chi connectivity index (χ2n) is 13.3. The first kappa shape index (κ1) is 35.6. The summed E-state index contributed by atoms with van der Waals surface area (Å²) in [4.78, 5) is 22.5. The lowest BCUT2D eigenvalue weighted by Crippen LogP contribution is -2.53. The lowest BCUT2D eigenvalue weighted by atomic mass is 9.91. The van der Waals surface area contributed by atoms with Crippen LogP contribution in [-0.2, 0) is 13.1 Å². The topological polar surface area (TPSA) is 95.8 Å². The van der Waals surface area contributed by atoms with Gasteiger partial charge in [-0.25, -0.2) is 9.37 Å². The van der Waals surface area contributed by atoms with E-state index in [1.807, 2.05) is 30.0 Å². The van der Waals surface area contributed by atoms with Crippen molar-refractivity contribution in [3.8, 4) is 22.8 Å². The van der Waals surface area contributed by atoms with Gasteiger partial charge in [-0.05, 0) is 80.0 Å². The Hall–Kier alpha value is -2.73. The van der Waals surface area contributed by atoms with Crippen molar-refractivity contribution in [1.29, 1.82) is 0 Å². The van der Waals surface area contributed by atoms with Gasteiger partial charge in [0, 0.05) is 74.9 Å². The number of pyridine rings is 1. The molecule has 2 saturated heterocycles. The molecule has 6 rings (SSSR count). The summed E-state index contributed by atoms with van der Waals surface area (Å²) < 4.78 is 20.5. The molecule has 3 aromatic rings. The second kappa shape index (κ2) is 16.6. The van der Waals surface area contributed by atoms with Crippen LogP contribution in [0.25, 0.3) is 11.1 Å². The van der Waals surface area contributed by atoms with E-state index in [4.69, 9.17) is 10.5 Å². The highest BCUT2D eigenvalue weighted by Crippen LogP contribution is 2.32. The molecule has 47 heavy (non-hydrogen) atoms. The lowest BCUT2D eigenvalue weighted by Gasteiger charge is -2.36. The minimum atomic E-state index is -0.581. The number of carbonyl (C=O) groups is 1. The number of hydrogen-bond donors (Lipinski definition) is 3. The van der Waals surface area contributed by atoms with Gasteiger partial charge in [-0.1, -0.05) is 30.3 Å². The van der Waals surface area contributed by atoms with Gasteiger partial charge >= 0.3 is 0 Å². The third kappa shape index (κ3) is 9.68. The third-order valence-electron chi connectivity index (χ3n) is 9.24. The van der Waals surface area contributed by atoms with Crippen LogP contribution in [0.2, 0.25) is 0 Å². The molecule has 0 radical (unpaired) electrons. The molecule has 0 bridgehead atoms. The van der Waals surface area contributed by atoms with Crippen LogP contribution in [0, 0.1) is 5.82 Å². The summed E-state index contributed by atoms with van der Waals surface area (Å²) in [6.07, 6.45) is 4.41. The first-order chi connectivity index (χ1) is 22.3. The molecule has 8 nitrogen and oxygen atoms in total. The number of nitrogens with two attached hydrogens (primary N) is 1. The first-order valence-corrected chi connectivity index (χ1v) is 17.8. The zero-order valence-electron chi connectivity index (χ0n) is 27.4. The van der Waals surface area contributed by atoms with Gasteiger partial charge < -0.3 is 21.1 Å². The number of nitrogens with zero attached hydrogens (tertiary/aromatic N) is 3. The first-order valence-electron chi connectivity index (χ1n) is 16.7. The van der Waals surface area contributed by atoms with E-state index in [1.165, 1.54) is 17.2 Å². The number of ether oxygens (including phenoxy) is 1. The number of benzene rings is 2. The fourth-order valence-corrected chi connectivity index (χ4v) is 8.00. The zero-order valence-corrected chi connectivity index (χ0v) is 29.1. The van der Waals surface area contributed by atoms with Crippen LogP contribution in [0.4, 0.5) is 4.39 Å². The molecule has 254 valence electrons. The molecule has 2 atom stereocenters. The van der Waals surface area contributed by atoms with E-state index in [-0.39, 0.29) is 41.8 Å². The summed E-state index contributed by atoms with van der Waals surface area (Å²) >= 11 is 2.02. The summed E-state index contributed by atoms with van der Waals surface area (Å²) in [6, 6.07) is 17.1. The van der Waals surface area contributed by atoms with Gasteiger partial charge in [0.2, 0.25) is 5.88 Å². The largest absolute Gasteiger partial charge is 0.438 e. The Balaban J connectivity index is 0.00000433. The minimum absolute atomic E-state index is 0. The molecular formula is C36H48ClFN6O2S. The van der Waals surface area contributed by atoms with Gasteiger partial charge in [0.05, 0.1) is 6.20 Å². The van der Waals surface area contributed by atoms with Crippen LogP contribution < -0.4 is 21.1 Å². The number of hydrogen-bond acceptors (Lipinski definition) is 8. The molecule has 3 fully saturated rings. The molecule has 1 aliphatic carbocycles. The molecule has 3 heterocycles. The van der Waals surface area contributed by atoms with Gasteiger partial charge in [0.25, 0.3) is 5.91 Å². The minimum Gasteiger partial charge on any atom is -0.438 e. The Morgan fingerprint density at radius 2 is 1.77 bits per heavy atom. The molecule has 1 aromatic heterocycles. The monoisotopic (exact) mass is 682 g/mol. The average Bonchev–Trinajstić information content (AvgIpc) is 3.03. The van der Waals surface area contributed by atoms with E-state index in [9.17, 15) is 9.18 Å². The number of amides is 1. The van der Waals surface area contributed by atoms with Crippen LogP contribution in [0.3, 0.4) is 0 Å². The van der Waals surface area contributed by atoms with Crippen LogP contribution in [0.15, 0.2) is 54.7 Å². The van der Waals surface area contributed by atoms with Gasteiger partial charge in [-0.2, -0.15) is 11.8 Å². The van der Waals surface area contributed by atoms with E-state index in [0.29, 0.717) is 17.8 Å². The summed E-state index contributed by atoms with van der Waals surface area (Å²) in [5.41, 5.74) is 10.9. The molecule has 4 N–H and O–H groups in total. The van der Waals surface area contributed by atoms with Crippen molar-refractivity contribution in [2.24, 2.45) is 5.73 Å². The summed E-state index contributed by atoms with van der Waals surface area (Å²) in [6.45, 7) is 10.6. The summed E-state index contributed by atoms with van der Waals surface area (Å²) in [5, 5.41) is 6.67. The van der Waals surface area contributed by atoms with Crippen molar-refractivity contribution in [3.05, 3.63) is 77.2 Å². The fraction of sp³-hybridized carbons (Fsp3) is 0.500. The van der Waals surface area contributed by atoms with Crippen molar-refractivity contribution in [2.75, 3.05) is 37.7 Å². The number of nitrogens with one attached hydrogen (secondary N) is 2. The Labute approximate surface area is 288 Å². The number of aromatic nitrogens is 1. The van der Waals surface area contributed by atoms with Crippen molar-refractivity contribution >= 4 is 30.1 Å². The van der Waals surface area contributed by atoms with Crippen LogP contribution in [0.5, 0.6) is 11.6 Å². The van der Waals surface area contributed by atoms with Crippen molar-refractivity contribution in [2.45, 2.75) is 76.8 Å². The fourth-order valence-electron chi connectivity index (χ4n) is 7.02. The predicted molar refractivity (Wildman–Crippen MR) is 191 cm³/mol. The number of halogens is 2. The standard InChI is InChI=1S/C36H47FN6O2S.ClH/c1-24-20-43(21-25(2)40-24)22-26-6-11-33(28(16-26)23-42-12-14-46-15-13-42)27-4-3-5-32(17-27)45-36-34(18-29(37)19-39-36)35(44)41-31-9-7-30(38)8-10-31;/h3-6,11,16-19,24-25,30-31,40H,7-10,12-15,20-23,38H2,1-2H3,(H,41,44);1H/t24-,25+,30?,31?;. The van der Waals surface area contributed by atoms with Crippen LogP contribution in [0.1, 0.15) is 61.0 Å². The van der Waals surface area contributed by atoms with Crippen molar-refractivity contribution in [1.82, 2.24) is 25.4 Å². The van der Waals surface area contributed by atoms with E-state index >= 15 is 0 Å². The molecule has 0 unspecified atom stereocenters. The molecule has 11 heteroatoms. The lowest BCUT2D eigenvalue weighted by molar-refractivity contribution is 0.0922. The summed E-state index contributed by atoms with van der Waals surface area (Å²) in [5.74, 6) is 1.98. The Morgan fingerprint density at radius 3 is 2.51 bits per heavy atom. The molecule has 1 amide bonds. The van der Waals surface area contributed by atoms with E-state index in [1.54, 1.807) is 0 Å². The number of carbonyl (C=O) groups excluding carboxylic acids is 1. The maximum atomic E-state index is 14.3. The second-order valence-corrected chi connectivity index (χ2v) is 14.5. The normalized spacial score (nSPS) is 23.9.